The molecule has 2 amide bonds. The van der Waals surface area contributed by atoms with Crippen molar-refractivity contribution >= 4 is 35.0 Å². The maximum atomic E-state index is 13.5. The van der Waals surface area contributed by atoms with Crippen molar-refractivity contribution in [3.8, 4) is 5.75 Å². The van der Waals surface area contributed by atoms with Gasteiger partial charge in [-0.2, -0.15) is 0 Å². The zero-order valence-corrected chi connectivity index (χ0v) is 20.9. The van der Waals surface area contributed by atoms with Crippen LogP contribution in [0.15, 0.2) is 72.8 Å². The fourth-order valence-electron chi connectivity index (χ4n) is 3.52. The second kappa shape index (κ2) is 13.1. The molecular weight excluding hydrogens is 490 g/mol. The van der Waals surface area contributed by atoms with Crippen molar-refractivity contribution in [2.75, 3.05) is 13.2 Å². The van der Waals surface area contributed by atoms with Gasteiger partial charge in [-0.15, -0.1) is 0 Å². The van der Waals surface area contributed by atoms with E-state index in [2.05, 4.69) is 5.32 Å². The SMILES string of the molecule is CCCNC(=O)[C@H](Cc1ccccc1)N(Cc1ccc(F)cc1)C(=O)COc1ccc(Cl)cc1Cl. The predicted molar refractivity (Wildman–Crippen MR) is 136 cm³/mol. The van der Waals surface area contributed by atoms with Crippen molar-refractivity contribution in [1.82, 2.24) is 10.2 Å². The summed E-state index contributed by atoms with van der Waals surface area (Å²) in [5.74, 6) is -0.751. The summed E-state index contributed by atoms with van der Waals surface area (Å²) in [5.41, 5.74) is 1.59. The molecule has 0 aliphatic heterocycles. The van der Waals surface area contributed by atoms with Gasteiger partial charge in [0.2, 0.25) is 5.91 Å². The van der Waals surface area contributed by atoms with Gasteiger partial charge < -0.3 is 15.0 Å². The van der Waals surface area contributed by atoms with E-state index >= 15 is 0 Å². The Labute approximate surface area is 214 Å². The number of carbonyl (C=O) groups excluding carboxylic acids is 2. The molecule has 0 bridgehead atoms. The minimum atomic E-state index is -0.800. The third kappa shape index (κ3) is 7.98. The quantitative estimate of drug-likeness (QED) is 0.356. The predicted octanol–water partition coefficient (Wildman–Crippen LogP) is 5.68. The summed E-state index contributed by atoms with van der Waals surface area (Å²) >= 11 is 12.1. The molecule has 3 aromatic rings. The first-order valence-corrected chi connectivity index (χ1v) is 12.1. The minimum Gasteiger partial charge on any atom is -0.482 e. The fraction of sp³-hybridized carbons (Fsp3) is 0.259. The van der Waals surface area contributed by atoms with Gasteiger partial charge in [-0.3, -0.25) is 9.59 Å². The lowest BCUT2D eigenvalue weighted by atomic mass is 10.0. The second-order valence-corrected chi connectivity index (χ2v) is 8.85. The van der Waals surface area contributed by atoms with Crippen molar-refractivity contribution in [3.05, 3.63) is 99.8 Å². The summed E-state index contributed by atoms with van der Waals surface area (Å²) in [6.45, 7) is 2.21. The number of carbonyl (C=O) groups is 2. The summed E-state index contributed by atoms with van der Waals surface area (Å²) in [5, 5.41) is 3.62. The normalized spacial score (nSPS) is 11.5. The highest BCUT2D eigenvalue weighted by Crippen LogP contribution is 2.27. The standard InChI is InChI=1S/C27H27Cl2FN2O3/c1-2-14-31-27(34)24(15-19-6-4-3-5-7-19)32(17-20-8-11-22(30)12-9-20)26(33)18-35-25-13-10-21(28)16-23(25)29/h3-13,16,24H,2,14-15,17-18H2,1H3,(H,31,34)/t24-/m0/s1. The first-order chi connectivity index (χ1) is 16.9. The first kappa shape index (κ1) is 26.5. The Morgan fingerprint density at radius 1 is 1.00 bits per heavy atom. The monoisotopic (exact) mass is 516 g/mol. The molecule has 0 saturated carbocycles. The molecule has 8 heteroatoms. The molecule has 0 fully saturated rings. The van der Waals surface area contributed by atoms with Gasteiger partial charge in [0.05, 0.1) is 5.02 Å². The van der Waals surface area contributed by atoms with E-state index in [0.717, 1.165) is 12.0 Å². The number of hydrogen-bond donors (Lipinski definition) is 1. The third-order valence-corrected chi connectivity index (χ3v) is 5.86. The maximum absolute atomic E-state index is 13.5. The van der Waals surface area contributed by atoms with Crippen LogP contribution in [0.1, 0.15) is 24.5 Å². The highest BCUT2D eigenvalue weighted by molar-refractivity contribution is 6.35. The summed E-state index contributed by atoms with van der Waals surface area (Å²) in [6.07, 6.45) is 1.07. The highest BCUT2D eigenvalue weighted by atomic mass is 35.5. The van der Waals surface area contributed by atoms with Gasteiger partial charge in [0.1, 0.15) is 17.6 Å². The summed E-state index contributed by atoms with van der Waals surface area (Å²) in [7, 11) is 0. The Hall–Kier alpha value is -3.09. The van der Waals surface area contributed by atoms with Gasteiger partial charge in [0.15, 0.2) is 6.61 Å². The van der Waals surface area contributed by atoms with Gasteiger partial charge in [-0.05, 0) is 47.9 Å². The molecule has 35 heavy (non-hydrogen) atoms. The molecule has 1 atom stereocenters. The van der Waals surface area contributed by atoms with E-state index in [-0.39, 0.29) is 29.9 Å². The smallest absolute Gasteiger partial charge is 0.261 e. The lowest BCUT2D eigenvalue weighted by molar-refractivity contribution is -0.142. The van der Waals surface area contributed by atoms with Crippen LogP contribution in [0.2, 0.25) is 10.0 Å². The van der Waals surface area contributed by atoms with E-state index in [1.807, 2.05) is 37.3 Å². The molecule has 0 aliphatic rings. The maximum Gasteiger partial charge on any atom is 0.261 e. The van der Waals surface area contributed by atoms with Gasteiger partial charge in [0, 0.05) is 24.5 Å². The number of amides is 2. The molecule has 0 aromatic heterocycles. The zero-order chi connectivity index (χ0) is 25.2. The molecule has 184 valence electrons. The fourth-order valence-corrected chi connectivity index (χ4v) is 3.98. The van der Waals surface area contributed by atoms with Crippen molar-refractivity contribution in [2.45, 2.75) is 32.4 Å². The molecule has 0 saturated heterocycles. The number of nitrogens with zero attached hydrogens (tertiary/aromatic N) is 1. The van der Waals surface area contributed by atoms with E-state index in [4.69, 9.17) is 27.9 Å². The average molecular weight is 517 g/mol. The van der Waals surface area contributed by atoms with Crippen LogP contribution in [0.3, 0.4) is 0 Å². The van der Waals surface area contributed by atoms with Crippen LogP contribution in [0, 0.1) is 5.82 Å². The van der Waals surface area contributed by atoms with Crippen molar-refractivity contribution in [3.63, 3.8) is 0 Å². The molecule has 0 aliphatic carbocycles. The molecule has 5 nitrogen and oxygen atoms in total. The van der Waals surface area contributed by atoms with Crippen LogP contribution in [-0.4, -0.2) is 35.9 Å². The number of rotatable bonds is 11. The topological polar surface area (TPSA) is 58.6 Å². The van der Waals surface area contributed by atoms with Crippen LogP contribution in [0.25, 0.3) is 0 Å². The lowest BCUT2D eigenvalue weighted by Crippen LogP contribution is -2.51. The van der Waals surface area contributed by atoms with E-state index in [1.165, 1.54) is 23.1 Å². The number of benzene rings is 3. The Bertz CT molecular complexity index is 1130. The van der Waals surface area contributed by atoms with Crippen LogP contribution in [0.5, 0.6) is 5.75 Å². The minimum absolute atomic E-state index is 0.105. The largest absolute Gasteiger partial charge is 0.482 e. The Morgan fingerprint density at radius 3 is 2.37 bits per heavy atom. The zero-order valence-electron chi connectivity index (χ0n) is 19.3. The molecule has 0 radical (unpaired) electrons. The summed E-state index contributed by atoms with van der Waals surface area (Å²) in [4.78, 5) is 28.1. The Balaban J connectivity index is 1.89. The molecule has 0 spiro atoms. The molecule has 3 aromatic carbocycles. The lowest BCUT2D eigenvalue weighted by Gasteiger charge is -2.31. The van der Waals surface area contributed by atoms with Crippen molar-refractivity contribution < 1.29 is 18.7 Å². The van der Waals surface area contributed by atoms with Gasteiger partial charge in [-0.1, -0.05) is 72.6 Å². The number of hydrogen-bond acceptors (Lipinski definition) is 3. The molecular formula is C27H27Cl2FN2O3. The van der Waals surface area contributed by atoms with Crippen LogP contribution in [-0.2, 0) is 22.6 Å². The van der Waals surface area contributed by atoms with Crippen LogP contribution >= 0.6 is 23.2 Å². The molecule has 0 unspecified atom stereocenters. The summed E-state index contributed by atoms with van der Waals surface area (Å²) < 4.78 is 19.2. The average Bonchev–Trinajstić information content (AvgIpc) is 2.85. The second-order valence-electron chi connectivity index (χ2n) is 8.01. The van der Waals surface area contributed by atoms with Gasteiger partial charge in [-0.25, -0.2) is 4.39 Å². The first-order valence-electron chi connectivity index (χ1n) is 11.3. The van der Waals surface area contributed by atoms with Gasteiger partial charge >= 0.3 is 0 Å². The summed E-state index contributed by atoms with van der Waals surface area (Å²) in [6, 6.07) is 19.2. The van der Waals surface area contributed by atoms with Crippen molar-refractivity contribution in [1.29, 1.82) is 0 Å². The van der Waals surface area contributed by atoms with Gasteiger partial charge in [0.25, 0.3) is 5.91 Å². The van der Waals surface area contributed by atoms with E-state index in [9.17, 15) is 14.0 Å². The number of ether oxygens (including phenoxy) is 1. The number of halogens is 3. The Kier molecular flexibility index (Phi) is 9.94. The number of nitrogens with one attached hydrogen (secondary N) is 1. The molecule has 0 heterocycles. The van der Waals surface area contributed by atoms with E-state index < -0.39 is 11.9 Å². The highest BCUT2D eigenvalue weighted by Gasteiger charge is 2.30. The molecule has 1 N–H and O–H groups in total. The van der Waals surface area contributed by atoms with E-state index in [0.29, 0.717) is 29.3 Å². The molecule has 3 rings (SSSR count). The van der Waals surface area contributed by atoms with Crippen molar-refractivity contribution in [2.24, 2.45) is 0 Å². The van der Waals surface area contributed by atoms with Crippen LogP contribution in [0.4, 0.5) is 4.39 Å². The Morgan fingerprint density at radius 2 is 1.71 bits per heavy atom. The van der Waals surface area contributed by atoms with Crippen LogP contribution < -0.4 is 10.1 Å². The van der Waals surface area contributed by atoms with E-state index in [1.54, 1.807) is 24.3 Å². The third-order valence-electron chi connectivity index (χ3n) is 5.33.